The fourth-order valence-electron chi connectivity index (χ4n) is 5.24. The largest absolute Gasteiger partial charge is 0.484 e. The molecule has 0 bridgehead atoms. The van der Waals surface area contributed by atoms with Crippen LogP contribution < -0.4 is 15.7 Å². The van der Waals surface area contributed by atoms with Crippen molar-refractivity contribution in [3.63, 3.8) is 0 Å². The van der Waals surface area contributed by atoms with E-state index in [0.717, 1.165) is 49.5 Å². The maximum atomic E-state index is 12.6. The second-order valence-corrected chi connectivity index (χ2v) is 9.52. The molecule has 0 radical (unpaired) electrons. The normalized spacial score (nSPS) is 22.3. The molecule has 1 saturated heterocycles. The Morgan fingerprint density at radius 3 is 2.94 bits per heavy atom. The second kappa shape index (κ2) is 10.6. The van der Waals surface area contributed by atoms with Crippen molar-refractivity contribution in [2.75, 3.05) is 26.2 Å². The van der Waals surface area contributed by atoms with E-state index in [-0.39, 0.29) is 37.3 Å². The summed E-state index contributed by atoms with van der Waals surface area (Å²) in [7, 11) is 0. The van der Waals surface area contributed by atoms with E-state index in [2.05, 4.69) is 5.32 Å². The number of fused-ring (bicyclic) bond motifs is 2. The van der Waals surface area contributed by atoms with Crippen molar-refractivity contribution in [2.45, 2.75) is 63.9 Å². The Balaban J connectivity index is 1.23. The number of carbonyl (C=O) groups excluding carboxylic acids is 2. The number of nitrogens with one attached hydrogen (secondary N) is 1. The summed E-state index contributed by atoms with van der Waals surface area (Å²) in [6.07, 6.45) is 6.51. The number of benzene rings is 1. The molecule has 8 heteroatoms. The maximum Gasteiger partial charge on any atom is 0.336 e. The summed E-state index contributed by atoms with van der Waals surface area (Å²) in [5.41, 5.74) is 0.358. The number of likely N-dealkylation sites (tertiary alicyclic amines) is 1. The molecule has 1 aliphatic carbocycles. The molecule has 4 rings (SSSR count). The number of rotatable bonds is 8. The van der Waals surface area contributed by atoms with Gasteiger partial charge in [-0.2, -0.15) is 0 Å². The number of hydrogen-bond donors (Lipinski definition) is 2. The summed E-state index contributed by atoms with van der Waals surface area (Å²) in [4.78, 5) is 38.4. The van der Waals surface area contributed by atoms with Crippen LogP contribution in [0.25, 0.3) is 11.0 Å². The van der Waals surface area contributed by atoms with Gasteiger partial charge in [0.05, 0.1) is 5.60 Å². The van der Waals surface area contributed by atoms with Crippen molar-refractivity contribution in [2.24, 2.45) is 5.92 Å². The van der Waals surface area contributed by atoms with Crippen molar-refractivity contribution in [1.29, 1.82) is 0 Å². The molecule has 184 valence electrons. The smallest absolute Gasteiger partial charge is 0.336 e. The summed E-state index contributed by atoms with van der Waals surface area (Å²) in [6, 6.07) is 6.72. The molecule has 0 spiro atoms. The van der Waals surface area contributed by atoms with E-state index in [1.165, 1.54) is 6.07 Å². The molecule has 2 N–H and O–H groups in total. The average molecular weight is 471 g/mol. The molecule has 2 aromatic rings. The number of carbonyl (C=O) groups is 2. The topological polar surface area (TPSA) is 109 Å². The molecule has 1 saturated carbocycles. The lowest BCUT2D eigenvalue weighted by molar-refractivity contribution is -0.143. The van der Waals surface area contributed by atoms with Crippen molar-refractivity contribution in [3.05, 3.63) is 40.2 Å². The molecule has 0 unspecified atom stereocenters. The van der Waals surface area contributed by atoms with Gasteiger partial charge in [-0.1, -0.05) is 26.2 Å². The summed E-state index contributed by atoms with van der Waals surface area (Å²) < 4.78 is 10.9. The van der Waals surface area contributed by atoms with Gasteiger partial charge in [-0.15, -0.1) is 0 Å². The standard InChI is InChI=1S/C26H34N2O6/c1-2-5-18-14-25(31)34-22-15-20(7-8-21(18)22)33-17-23(29)27-12-9-24(30)28-13-11-26(32)10-4-3-6-19(26)16-28/h7-8,14-15,19,32H,2-6,9-13,16-17H2,1H3,(H,27,29)/t19-,26-/m0/s1. The quantitative estimate of drug-likeness (QED) is 0.575. The minimum absolute atomic E-state index is 0.00119. The van der Waals surface area contributed by atoms with Gasteiger partial charge in [-0.3, -0.25) is 9.59 Å². The van der Waals surface area contributed by atoms with Crippen LogP contribution in [0.2, 0.25) is 0 Å². The Labute approximate surface area is 199 Å². The average Bonchev–Trinajstić information content (AvgIpc) is 2.82. The number of piperidine rings is 1. The second-order valence-electron chi connectivity index (χ2n) is 9.52. The van der Waals surface area contributed by atoms with Gasteiger partial charge in [0.1, 0.15) is 11.3 Å². The van der Waals surface area contributed by atoms with E-state index in [0.29, 0.717) is 30.8 Å². The van der Waals surface area contributed by atoms with Crippen LogP contribution in [-0.2, 0) is 16.0 Å². The third-order valence-electron chi connectivity index (χ3n) is 7.13. The summed E-state index contributed by atoms with van der Waals surface area (Å²) in [5.74, 6) is 0.269. The van der Waals surface area contributed by atoms with Gasteiger partial charge in [0, 0.05) is 49.5 Å². The van der Waals surface area contributed by atoms with Crippen molar-refractivity contribution < 1.29 is 23.8 Å². The van der Waals surface area contributed by atoms with Gasteiger partial charge in [0.25, 0.3) is 5.91 Å². The Bertz CT molecular complexity index is 1100. The number of aryl methyl sites for hydroxylation is 1. The molecule has 2 atom stereocenters. The first-order valence-electron chi connectivity index (χ1n) is 12.3. The van der Waals surface area contributed by atoms with Crippen LogP contribution in [-0.4, -0.2) is 53.7 Å². The first kappa shape index (κ1) is 24.3. The van der Waals surface area contributed by atoms with Crippen LogP contribution in [0.15, 0.2) is 33.5 Å². The van der Waals surface area contributed by atoms with Crippen LogP contribution in [0.1, 0.15) is 57.4 Å². The fraction of sp³-hybridized carbons (Fsp3) is 0.577. The third kappa shape index (κ3) is 5.60. The predicted molar refractivity (Wildman–Crippen MR) is 128 cm³/mol. The van der Waals surface area contributed by atoms with Crippen LogP contribution >= 0.6 is 0 Å². The highest BCUT2D eigenvalue weighted by molar-refractivity contribution is 5.82. The van der Waals surface area contributed by atoms with E-state index >= 15 is 0 Å². The SMILES string of the molecule is CCCc1cc(=O)oc2cc(OCC(=O)NCCC(=O)N3CC[C@@]4(O)CCCC[C@H]4C3)ccc12. The maximum absolute atomic E-state index is 12.6. The molecule has 2 heterocycles. The zero-order chi connectivity index (χ0) is 24.1. The van der Waals surface area contributed by atoms with Crippen molar-refractivity contribution in [3.8, 4) is 5.75 Å². The molecule has 2 fully saturated rings. The zero-order valence-corrected chi connectivity index (χ0v) is 19.8. The number of aliphatic hydroxyl groups is 1. The monoisotopic (exact) mass is 470 g/mol. The van der Waals surface area contributed by atoms with Crippen LogP contribution in [0.3, 0.4) is 0 Å². The van der Waals surface area contributed by atoms with Gasteiger partial charge < -0.3 is 24.5 Å². The molecule has 2 amide bonds. The minimum atomic E-state index is -0.608. The van der Waals surface area contributed by atoms with E-state index in [1.54, 1.807) is 12.1 Å². The van der Waals surface area contributed by atoms with E-state index < -0.39 is 11.2 Å². The lowest BCUT2D eigenvalue weighted by atomic mass is 9.71. The number of hydrogen-bond acceptors (Lipinski definition) is 6. The lowest BCUT2D eigenvalue weighted by Gasteiger charge is -2.47. The summed E-state index contributed by atoms with van der Waals surface area (Å²) in [5, 5.41) is 14.4. The van der Waals surface area contributed by atoms with Gasteiger partial charge in [0.2, 0.25) is 5.91 Å². The molecule has 2 aliphatic rings. The molecular formula is C26H34N2O6. The van der Waals surface area contributed by atoms with E-state index in [9.17, 15) is 19.5 Å². The van der Waals surface area contributed by atoms with E-state index in [1.807, 2.05) is 17.9 Å². The Kier molecular flexibility index (Phi) is 7.56. The van der Waals surface area contributed by atoms with Gasteiger partial charge in [0.15, 0.2) is 6.61 Å². The molecular weight excluding hydrogens is 436 g/mol. The zero-order valence-electron chi connectivity index (χ0n) is 19.8. The highest BCUT2D eigenvalue weighted by Gasteiger charge is 2.43. The molecule has 8 nitrogen and oxygen atoms in total. The minimum Gasteiger partial charge on any atom is -0.484 e. The number of ether oxygens (including phenoxy) is 1. The molecule has 1 aliphatic heterocycles. The Morgan fingerprint density at radius 2 is 2.12 bits per heavy atom. The van der Waals surface area contributed by atoms with Gasteiger partial charge in [-0.05, 0) is 43.4 Å². The molecule has 1 aromatic carbocycles. The van der Waals surface area contributed by atoms with E-state index in [4.69, 9.17) is 9.15 Å². The van der Waals surface area contributed by atoms with Crippen LogP contribution in [0, 0.1) is 5.92 Å². The highest BCUT2D eigenvalue weighted by atomic mass is 16.5. The Hall–Kier alpha value is -2.87. The first-order chi connectivity index (χ1) is 16.4. The van der Waals surface area contributed by atoms with Crippen molar-refractivity contribution in [1.82, 2.24) is 10.2 Å². The number of nitrogens with zero attached hydrogens (tertiary/aromatic N) is 1. The van der Waals surface area contributed by atoms with Crippen LogP contribution in [0.5, 0.6) is 5.75 Å². The van der Waals surface area contributed by atoms with Gasteiger partial charge in [-0.25, -0.2) is 4.79 Å². The lowest BCUT2D eigenvalue weighted by Crippen LogP contribution is -2.54. The fourth-order valence-corrected chi connectivity index (χ4v) is 5.24. The van der Waals surface area contributed by atoms with Crippen LogP contribution in [0.4, 0.5) is 0 Å². The molecule has 1 aromatic heterocycles. The third-order valence-corrected chi connectivity index (χ3v) is 7.13. The predicted octanol–water partition coefficient (Wildman–Crippen LogP) is 2.78. The molecule has 34 heavy (non-hydrogen) atoms. The Morgan fingerprint density at radius 1 is 1.26 bits per heavy atom. The van der Waals surface area contributed by atoms with Gasteiger partial charge >= 0.3 is 5.63 Å². The summed E-state index contributed by atoms with van der Waals surface area (Å²) in [6.45, 7) is 3.26. The summed E-state index contributed by atoms with van der Waals surface area (Å²) >= 11 is 0. The highest BCUT2D eigenvalue weighted by Crippen LogP contribution is 2.39. The van der Waals surface area contributed by atoms with Crippen molar-refractivity contribution >= 4 is 22.8 Å². The first-order valence-corrected chi connectivity index (χ1v) is 12.3. The number of amides is 2.